The SMILES string of the molecule is CC(C)N(Cc1nc2sc3c(c2c(=O)[nH]1)CCC3)C[C@@H](O)COCc1ccccc1. The predicted octanol–water partition coefficient (Wildman–Crippen LogP) is 3.26. The predicted molar refractivity (Wildman–Crippen MR) is 120 cm³/mol. The van der Waals surface area contributed by atoms with Crippen LogP contribution < -0.4 is 5.56 Å². The molecule has 6 nitrogen and oxygen atoms in total. The quantitative estimate of drug-likeness (QED) is 0.548. The van der Waals surface area contributed by atoms with Gasteiger partial charge in [-0.3, -0.25) is 9.69 Å². The van der Waals surface area contributed by atoms with Crippen LogP contribution in [0.2, 0.25) is 0 Å². The van der Waals surface area contributed by atoms with E-state index in [2.05, 4.69) is 23.7 Å². The first-order chi connectivity index (χ1) is 14.5. The monoisotopic (exact) mass is 427 g/mol. The Morgan fingerprint density at radius 3 is 2.83 bits per heavy atom. The van der Waals surface area contributed by atoms with Gasteiger partial charge in [0.2, 0.25) is 0 Å². The fourth-order valence-corrected chi connectivity index (χ4v) is 5.26. The molecule has 0 bridgehead atoms. The number of ether oxygens (including phenoxy) is 1. The van der Waals surface area contributed by atoms with Crippen molar-refractivity contribution in [2.75, 3.05) is 13.2 Å². The number of aromatic nitrogens is 2. The van der Waals surface area contributed by atoms with Crippen molar-refractivity contribution in [3.05, 3.63) is 62.5 Å². The van der Waals surface area contributed by atoms with Gasteiger partial charge in [-0.15, -0.1) is 11.3 Å². The number of aryl methyl sites for hydroxylation is 2. The van der Waals surface area contributed by atoms with Crippen LogP contribution >= 0.6 is 11.3 Å². The minimum absolute atomic E-state index is 0.0372. The largest absolute Gasteiger partial charge is 0.389 e. The van der Waals surface area contributed by atoms with Crippen molar-refractivity contribution in [3.8, 4) is 0 Å². The van der Waals surface area contributed by atoms with Gasteiger partial charge in [0.05, 0.1) is 31.2 Å². The Labute approximate surface area is 180 Å². The Morgan fingerprint density at radius 2 is 2.07 bits per heavy atom. The van der Waals surface area contributed by atoms with Crippen molar-refractivity contribution in [3.63, 3.8) is 0 Å². The second-order valence-electron chi connectivity index (χ2n) is 8.23. The molecule has 160 valence electrons. The molecule has 1 aliphatic rings. The van der Waals surface area contributed by atoms with Gasteiger partial charge in [-0.1, -0.05) is 30.3 Å². The van der Waals surface area contributed by atoms with E-state index in [0.717, 1.165) is 35.0 Å². The standard InChI is InChI=1S/C23H29N3O3S/c1-15(2)26(11-17(27)14-29-13-16-7-4-3-5-8-16)12-20-24-22(28)21-18-9-6-10-19(18)30-23(21)25-20/h3-5,7-8,15,17,27H,6,9-14H2,1-2H3,(H,24,25,28)/t17-/m1/s1. The molecule has 1 atom stereocenters. The van der Waals surface area contributed by atoms with Crippen LogP contribution in [0, 0.1) is 0 Å². The summed E-state index contributed by atoms with van der Waals surface area (Å²) in [6.45, 7) is 5.84. The molecule has 3 aromatic rings. The van der Waals surface area contributed by atoms with Crippen molar-refractivity contribution in [1.82, 2.24) is 14.9 Å². The van der Waals surface area contributed by atoms with Gasteiger partial charge < -0.3 is 14.8 Å². The lowest BCUT2D eigenvalue weighted by atomic mass is 10.2. The number of hydrogen-bond donors (Lipinski definition) is 2. The molecule has 4 rings (SSSR count). The fraction of sp³-hybridized carbons (Fsp3) is 0.478. The summed E-state index contributed by atoms with van der Waals surface area (Å²) in [5.74, 6) is 0.651. The van der Waals surface area contributed by atoms with Gasteiger partial charge in [-0.2, -0.15) is 0 Å². The number of fused-ring (bicyclic) bond motifs is 3. The lowest BCUT2D eigenvalue weighted by molar-refractivity contribution is 0.00267. The summed E-state index contributed by atoms with van der Waals surface area (Å²) in [6, 6.07) is 10.1. The molecule has 0 spiro atoms. The maximum absolute atomic E-state index is 12.7. The Kier molecular flexibility index (Phi) is 6.63. The Morgan fingerprint density at radius 1 is 1.27 bits per heavy atom. The van der Waals surface area contributed by atoms with Crippen molar-refractivity contribution in [2.45, 2.75) is 58.4 Å². The van der Waals surface area contributed by atoms with Gasteiger partial charge in [0.15, 0.2) is 0 Å². The smallest absolute Gasteiger partial charge is 0.259 e. The van der Waals surface area contributed by atoms with E-state index < -0.39 is 6.10 Å². The van der Waals surface area contributed by atoms with E-state index in [4.69, 9.17) is 9.72 Å². The minimum atomic E-state index is -0.614. The normalized spacial score (nSPS) is 14.7. The highest BCUT2D eigenvalue weighted by molar-refractivity contribution is 7.18. The van der Waals surface area contributed by atoms with Gasteiger partial charge in [0.25, 0.3) is 5.56 Å². The third-order valence-corrected chi connectivity index (χ3v) is 6.76. The van der Waals surface area contributed by atoms with Gasteiger partial charge >= 0.3 is 0 Å². The van der Waals surface area contributed by atoms with Crippen LogP contribution in [-0.4, -0.2) is 45.3 Å². The summed E-state index contributed by atoms with van der Waals surface area (Å²) < 4.78 is 5.68. The molecule has 2 aromatic heterocycles. The van der Waals surface area contributed by atoms with E-state index in [1.54, 1.807) is 11.3 Å². The summed E-state index contributed by atoms with van der Waals surface area (Å²) in [4.78, 5) is 24.7. The number of rotatable bonds is 9. The molecule has 1 aromatic carbocycles. The summed E-state index contributed by atoms with van der Waals surface area (Å²) in [6.07, 6.45) is 2.55. The van der Waals surface area contributed by atoms with E-state index >= 15 is 0 Å². The van der Waals surface area contributed by atoms with Gasteiger partial charge in [-0.25, -0.2) is 4.98 Å². The number of nitrogens with zero attached hydrogens (tertiary/aromatic N) is 2. The molecule has 2 heterocycles. The Bertz CT molecular complexity index is 1050. The highest BCUT2D eigenvalue weighted by Gasteiger charge is 2.22. The number of thiophene rings is 1. The summed E-state index contributed by atoms with van der Waals surface area (Å²) in [5, 5.41) is 11.3. The molecule has 1 aliphatic carbocycles. The first-order valence-corrected chi connectivity index (χ1v) is 11.4. The second-order valence-corrected chi connectivity index (χ2v) is 9.31. The first-order valence-electron chi connectivity index (χ1n) is 10.6. The Hall–Kier alpha value is -2.06. The fourth-order valence-electron chi connectivity index (χ4n) is 3.98. The molecule has 7 heteroatoms. The van der Waals surface area contributed by atoms with E-state index in [0.29, 0.717) is 25.5 Å². The number of H-pyrrole nitrogens is 1. The van der Waals surface area contributed by atoms with E-state index in [1.165, 1.54) is 10.4 Å². The summed E-state index contributed by atoms with van der Waals surface area (Å²) >= 11 is 1.65. The van der Waals surface area contributed by atoms with E-state index in [-0.39, 0.29) is 18.2 Å². The third-order valence-electron chi connectivity index (χ3n) is 5.57. The van der Waals surface area contributed by atoms with Crippen molar-refractivity contribution in [1.29, 1.82) is 0 Å². The lowest BCUT2D eigenvalue weighted by Gasteiger charge is -2.28. The van der Waals surface area contributed by atoms with E-state index in [1.807, 2.05) is 30.3 Å². The molecule has 0 unspecified atom stereocenters. The first kappa shape index (κ1) is 21.2. The summed E-state index contributed by atoms with van der Waals surface area (Å²) in [7, 11) is 0. The molecule has 0 fully saturated rings. The van der Waals surface area contributed by atoms with Gasteiger partial charge in [0.1, 0.15) is 10.7 Å². The number of aliphatic hydroxyl groups excluding tert-OH is 1. The highest BCUT2D eigenvalue weighted by Crippen LogP contribution is 2.34. The van der Waals surface area contributed by atoms with Crippen LogP contribution in [0.25, 0.3) is 10.2 Å². The van der Waals surface area contributed by atoms with Crippen LogP contribution in [0.15, 0.2) is 35.1 Å². The average Bonchev–Trinajstić information content (AvgIpc) is 3.29. The molecule has 0 saturated heterocycles. The zero-order chi connectivity index (χ0) is 21.1. The molecule has 0 radical (unpaired) electrons. The number of nitrogens with one attached hydrogen (secondary N) is 1. The minimum Gasteiger partial charge on any atom is -0.389 e. The number of benzene rings is 1. The zero-order valence-corrected chi connectivity index (χ0v) is 18.4. The van der Waals surface area contributed by atoms with Crippen LogP contribution in [-0.2, 0) is 30.7 Å². The van der Waals surface area contributed by atoms with Crippen LogP contribution in [0.1, 0.15) is 42.1 Å². The molecular weight excluding hydrogens is 398 g/mol. The van der Waals surface area contributed by atoms with Crippen molar-refractivity contribution in [2.24, 2.45) is 0 Å². The molecule has 0 amide bonds. The topological polar surface area (TPSA) is 78.5 Å². The maximum Gasteiger partial charge on any atom is 0.259 e. The molecule has 0 saturated carbocycles. The zero-order valence-electron chi connectivity index (χ0n) is 17.6. The van der Waals surface area contributed by atoms with Crippen molar-refractivity contribution >= 4 is 21.6 Å². The average molecular weight is 428 g/mol. The number of aromatic amines is 1. The molecule has 0 aliphatic heterocycles. The van der Waals surface area contributed by atoms with Crippen LogP contribution in [0.4, 0.5) is 0 Å². The van der Waals surface area contributed by atoms with Gasteiger partial charge in [0, 0.05) is 17.5 Å². The summed E-state index contributed by atoms with van der Waals surface area (Å²) in [5.41, 5.74) is 2.25. The molecule has 30 heavy (non-hydrogen) atoms. The van der Waals surface area contributed by atoms with E-state index in [9.17, 15) is 9.90 Å². The van der Waals surface area contributed by atoms with Gasteiger partial charge in [-0.05, 0) is 44.2 Å². The molecular formula is C23H29N3O3S. The Balaban J connectivity index is 1.39. The second kappa shape index (κ2) is 9.39. The lowest BCUT2D eigenvalue weighted by Crippen LogP contribution is -2.39. The maximum atomic E-state index is 12.7. The van der Waals surface area contributed by atoms with Crippen LogP contribution in [0.3, 0.4) is 0 Å². The van der Waals surface area contributed by atoms with Crippen molar-refractivity contribution < 1.29 is 9.84 Å². The van der Waals surface area contributed by atoms with Crippen LogP contribution in [0.5, 0.6) is 0 Å². The highest BCUT2D eigenvalue weighted by atomic mass is 32.1. The number of hydrogen-bond acceptors (Lipinski definition) is 6. The third kappa shape index (κ3) is 4.81. The molecule has 2 N–H and O–H groups in total. The number of aliphatic hydroxyl groups is 1.